The summed E-state index contributed by atoms with van der Waals surface area (Å²) >= 11 is 6.46. The SMILES string of the molecule is O=C(NCCc1nnc2n1CCN(Cc1cc3c(cc1Cl)OCO3)CC2)[C@@H]1CCCO1. The number of hydrogen-bond donors (Lipinski definition) is 1. The number of benzene rings is 1. The zero-order valence-corrected chi connectivity index (χ0v) is 18.1. The van der Waals surface area contributed by atoms with Crippen molar-refractivity contribution < 1.29 is 19.0 Å². The topological polar surface area (TPSA) is 90.7 Å². The van der Waals surface area contributed by atoms with Crippen molar-refractivity contribution in [2.24, 2.45) is 0 Å². The fraction of sp³-hybridized carbons (Fsp3) is 0.571. The number of aromatic nitrogens is 3. The molecular weight excluding hydrogens is 422 g/mol. The number of carbonyl (C=O) groups is 1. The Morgan fingerprint density at radius 1 is 1.19 bits per heavy atom. The van der Waals surface area contributed by atoms with Crippen LogP contribution in [0.3, 0.4) is 0 Å². The fourth-order valence-electron chi connectivity index (χ4n) is 4.29. The smallest absolute Gasteiger partial charge is 0.249 e. The average molecular weight is 448 g/mol. The van der Waals surface area contributed by atoms with Crippen molar-refractivity contribution in [1.82, 2.24) is 25.0 Å². The number of rotatable bonds is 6. The molecule has 0 saturated carbocycles. The molecule has 1 fully saturated rings. The van der Waals surface area contributed by atoms with Crippen LogP contribution in [0.2, 0.25) is 5.02 Å². The molecule has 4 heterocycles. The Morgan fingerprint density at radius 2 is 2.06 bits per heavy atom. The first-order valence-electron chi connectivity index (χ1n) is 10.8. The van der Waals surface area contributed by atoms with Crippen LogP contribution in [-0.2, 0) is 35.5 Å². The third-order valence-corrected chi connectivity index (χ3v) is 6.35. The van der Waals surface area contributed by atoms with E-state index < -0.39 is 0 Å². The number of fused-ring (bicyclic) bond motifs is 2. The number of nitrogens with one attached hydrogen (secondary N) is 1. The molecule has 0 spiro atoms. The molecule has 3 aliphatic rings. The number of ether oxygens (including phenoxy) is 3. The molecule has 0 aliphatic carbocycles. The number of amides is 1. The van der Waals surface area contributed by atoms with E-state index in [0.29, 0.717) is 30.3 Å². The maximum Gasteiger partial charge on any atom is 0.249 e. The summed E-state index contributed by atoms with van der Waals surface area (Å²) in [6, 6.07) is 3.80. The largest absolute Gasteiger partial charge is 0.454 e. The molecule has 31 heavy (non-hydrogen) atoms. The van der Waals surface area contributed by atoms with Crippen LogP contribution in [0.4, 0.5) is 0 Å². The van der Waals surface area contributed by atoms with Gasteiger partial charge in [0.05, 0.1) is 0 Å². The van der Waals surface area contributed by atoms with Crippen molar-refractivity contribution in [2.45, 2.75) is 44.9 Å². The molecule has 1 aromatic heterocycles. The molecule has 9 nitrogen and oxygen atoms in total. The minimum absolute atomic E-state index is 0.0279. The number of halogens is 1. The number of hydrogen-bond acceptors (Lipinski definition) is 7. The van der Waals surface area contributed by atoms with Gasteiger partial charge in [0, 0.05) is 63.3 Å². The van der Waals surface area contributed by atoms with Crippen molar-refractivity contribution in [3.05, 3.63) is 34.4 Å². The Hall–Kier alpha value is -2.36. The van der Waals surface area contributed by atoms with Crippen LogP contribution in [0.25, 0.3) is 0 Å². The highest BCUT2D eigenvalue weighted by atomic mass is 35.5. The van der Waals surface area contributed by atoms with E-state index >= 15 is 0 Å². The average Bonchev–Trinajstić information content (AvgIpc) is 3.49. The maximum atomic E-state index is 12.1. The summed E-state index contributed by atoms with van der Waals surface area (Å²) in [6.45, 7) is 4.73. The minimum Gasteiger partial charge on any atom is -0.454 e. The van der Waals surface area contributed by atoms with E-state index in [4.69, 9.17) is 25.8 Å². The summed E-state index contributed by atoms with van der Waals surface area (Å²) < 4.78 is 18.5. The monoisotopic (exact) mass is 447 g/mol. The predicted octanol–water partition coefficient (Wildman–Crippen LogP) is 1.56. The van der Waals surface area contributed by atoms with Gasteiger partial charge in [-0.3, -0.25) is 9.69 Å². The highest BCUT2D eigenvalue weighted by Crippen LogP contribution is 2.37. The molecular formula is C21H26ClN5O4. The number of carbonyl (C=O) groups excluding carboxylic acids is 1. The normalized spacial score (nSPS) is 20.5. The van der Waals surface area contributed by atoms with E-state index in [9.17, 15) is 4.79 Å². The second-order valence-corrected chi connectivity index (χ2v) is 8.46. The molecule has 0 bridgehead atoms. The fourth-order valence-corrected chi connectivity index (χ4v) is 4.50. The second kappa shape index (κ2) is 9.02. The first kappa shape index (κ1) is 20.5. The molecule has 1 N–H and O–H groups in total. The van der Waals surface area contributed by atoms with E-state index in [0.717, 1.165) is 68.4 Å². The molecule has 166 valence electrons. The van der Waals surface area contributed by atoms with Crippen LogP contribution in [0.5, 0.6) is 11.5 Å². The molecule has 3 aliphatic heterocycles. The van der Waals surface area contributed by atoms with Gasteiger partial charge >= 0.3 is 0 Å². The summed E-state index contributed by atoms with van der Waals surface area (Å²) in [5.41, 5.74) is 1.03. The van der Waals surface area contributed by atoms with Gasteiger partial charge in [0.25, 0.3) is 0 Å². The molecule has 0 radical (unpaired) electrons. The Morgan fingerprint density at radius 3 is 2.90 bits per heavy atom. The predicted molar refractivity (Wildman–Crippen MR) is 112 cm³/mol. The first-order valence-corrected chi connectivity index (χ1v) is 11.2. The number of nitrogens with zero attached hydrogens (tertiary/aromatic N) is 4. The Kier molecular flexibility index (Phi) is 5.97. The van der Waals surface area contributed by atoms with Crippen LogP contribution < -0.4 is 14.8 Å². The van der Waals surface area contributed by atoms with E-state index in [1.807, 2.05) is 12.1 Å². The van der Waals surface area contributed by atoms with E-state index in [-0.39, 0.29) is 18.8 Å². The molecule has 1 atom stereocenters. The molecule has 10 heteroatoms. The molecule has 0 unspecified atom stereocenters. The second-order valence-electron chi connectivity index (χ2n) is 8.05. The Labute approximate surface area is 185 Å². The van der Waals surface area contributed by atoms with Gasteiger partial charge in [-0.1, -0.05) is 11.6 Å². The van der Waals surface area contributed by atoms with E-state index in [1.165, 1.54) is 0 Å². The zero-order valence-electron chi connectivity index (χ0n) is 17.3. The van der Waals surface area contributed by atoms with Crippen molar-refractivity contribution in [3.63, 3.8) is 0 Å². The summed E-state index contributed by atoms with van der Waals surface area (Å²) in [4.78, 5) is 14.5. The van der Waals surface area contributed by atoms with Gasteiger partial charge < -0.3 is 24.1 Å². The van der Waals surface area contributed by atoms with E-state index in [2.05, 4.69) is 25.0 Å². The van der Waals surface area contributed by atoms with Gasteiger partial charge in [0.2, 0.25) is 12.7 Å². The van der Waals surface area contributed by atoms with Crippen LogP contribution in [0, 0.1) is 0 Å². The summed E-state index contributed by atoms with van der Waals surface area (Å²) in [7, 11) is 0. The van der Waals surface area contributed by atoms with Crippen LogP contribution >= 0.6 is 11.6 Å². The van der Waals surface area contributed by atoms with Crippen molar-refractivity contribution in [1.29, 1.82) is 0 Å². The highest BCUT2D eigenvalue weighted by molar-refractivity contribution is 6.31. The lowest BCUT2D eigenvalue weighted by molar-refractivity contribution is -0.130. The summed E-state index contributed by atoms with van der Waals surface area (Å²) in [5, 5.41) is 12.4. The lowest BCUT2D eigenvalue weighted by atomic mass is 10.2. The third kappa shape index (κ3) is 4.49. The van der Waals surface area contributed by atoms with Crippen molar-refractivity contribution >= 4 is 17.5 Å². The van der Waals surface area contributed by atoms with E-state index in [1.54, 1.807) is 0 Å². The zero-order chi connectivity index (χ0) is 21.2. The van der Waals surface area contributed by atoms with Crippen molar-refractivity contribution in [3.8, 4) is 11.5 Å². The summed E-state index contributed by atoms with van der Waals surface area (Å²) in [5.74, 6) is 3.32. The summed E-state index contributed by atoms with van der Waals surface area (Å²) in [6.07, 6.45) is 2.92. The molecule has 5 rings (SSSR count). The minimum atomic E-state index is -0.299. The van der Waals surface area contributed by atoms with Crippen molar-refractivity contribution in [2.75, 3.05) is 33.0 Å². The van der Waals surface area contributed by atoms with Gasteiger partial charge in [-0.15, -0.1) is 10.2 Å². The third-order valence-electron chi connectivity index (χ3n) is 6.00. The highest BCUT2D eigenvalue weighted by Gasteiger charge is 2.24. The maximum absolute atomic E-state index is 12.1. The van der Waals surface area contributed by atoms with Gasteiger partial charge in [-0.25, -0.2) is 0 Å². The van der Waals surface area contributed by atoms with Gasteiger partial charge in [-0.2, -0.15) is 0 Å². The molecule has 1 amide bonds. The van der Waals surface area contributed by atoms with Crippen LogP contribution in [0.15, 0.2) is 12.1 Å². The molecule has 1 saturated heterocycles. The van der Waals surface area contributed by atoms with Gasteiger partial charge in [-0.05, 0) is 24.5 Å². The Balaban J connectivity index is 1.17. The van der Waals surface area contributed by atoms with Gasteiger partial charge in [0.15, 0.2) is 11.5 Å². The molecule has 2 aromatic rings. The van der Waals surface area contributed by atoms with Crippen LogP contribution in [-0.4, -0.2) is 64.7 Å². The first-order chi connectivity index (χ1) is 15.2. The van der Waals surface area contributed by atoms with Crippen LogP contribution in [0.1, 0.15) is 30.1 Å². The lowest BCUT2D eigenvalue weighted by Crippen LogP contribution is -2.35. The quantitative estimate of drug-likeness (QED) is 0.718. The molecule has 1 aromatic carbocycles. The Bertz CT molecular complexity index is 959. The van der Waals surface area contributed by atoms with Gasteiger partial charge in [0.1, 0.15) is 17.8 Å². The standard InChI is InChI=1S/C21H26ClN5O4/c22-15-11-18-17(30-13-31-18)10-14(15)12-26-6-4-20-25-24-19(27(20)8-7-26)3-5-23-21(28)16-2-1-9-29-16/h10-11,16H,1-9,12-13H2,(H,23,28)/t16-/m0/s1. The lowest BCUT2D eigenvalue weighted by Gasteiger charge is -2.20.